The summed E-state index contributed by atoms with van der Waals surface area (Å²) < 4.78 is 5.25. The van der Waals surface area contributed by atoms with Crippen molar-refractivity contribution in [3.63, 3.8) is 0 Å². The summed E-state index contributed by atoms with van der Waals surface area (Å²) in [6, 6.07) is 6.79. The highest BCUT2D eigenvalue weighted by atomic mass is 16.5. The maximum atomic E-state index is 12.6. The third-order valence-electron chi connectivity index (χ3n) is 4.39. The van der Waals surface area contributed by atoms with Crippen LogP contribution < -0.4 is 9.64 Å². The third-order valence-corrected chi connectivity index (χ3v) is 4.39. The summed E-state index contributed by atoms with van der Waals surface area (Å²) in [5.41, 5.74) is 0.882. The summed E-state index contributed by atoms with van der Waals surface area (Å²) >= 11 is 0. The molecule has 3 rings (SSSR count). The lowest BCUT2D eigenvalue weighted by atomic mass is 9.81. The van der Waals surface area contributed by atoms with Crippen molar-refractivity contribution in [3.8, 4) is 11.8 Å². The smallest absolute Gasteiger partial charge is 0.237 e. The summed E-state index contributed by atoms with van der Waals surface area (Å²) in [6.45, 7) is 0. The Balaban J connectivity index is 2.02. The van der Waals surface area contributed by atoms with Gasteiger partial charge < -0.3 is 4.74 Å². The molecule has 5 nitrogen and oxygen atoms in total. The molecule has 1 saturated carbocycles. The van der Waals surface area contributed by atoms with E-state index >= 15 is 0 Å². The maximum Gasteiger partial charge on any atom is 0.237 e. The molecule has 1 heterocycles. The number of anilines is 1. The summed E-state index contributed by atoms with van der Waals surface area (Å²) in [4.78, 5) is 26.4. The zero-order chi connectivity index (χ0) is 15.0. The Morgan fingerprint density at radius 3 is 2.33 bits per heavy atom. The lowest BCUT2D eigenvalue weighted by Gasteiger charge is -2.19. The van der Waals surface area contributed by atoms with Crippen LogP contribution in [-0.2, 0) is 9.59 Å². The monoisotopic (exact) mass is 284 g/mol. The van der Waals surface area contributed by atoms with E-state index in [4.69, 9.17) is 10.00 Å². The van der Waals surface area contributed by atoms with Crippen molar-refractivity contribution in [3.05, 3.63) is 23.8 Å². The van der Waals surface area contributed by atoms with Crippen molar-refractivity contribution in [2.45, 2.75) is 25.7 Å². The maximum absolute atomic E-state index is 12.6. The molecule has 0 spiro atoms. The van der Waals surface area contributed by atoms with Crippen LogP contribution in [0.4, 0.5) is 5.69 Å². The minimum absolute atomic E-state index is 0.132. The van der Waals surface area contributed by atoms with Crippen LogP contribution in [0.3, 0.4) is 0 Å². The molecule has 1 aromatic rings. The van der Waals surface area contributed by atoms with Gasteiger partial charge in [-0.1, -0.05) is 12.8 Å². The van der Waals surface area contributed by atoms with Gasteiger partial charge in [0.1, 0.15) is 5.75 Å². The number of imide groups is 1. The molecular weight excluding hydrogens is 268 g/mol. The second kappa shape index (κ2) is 5.21. The fourth-order valence-corrected chi connectivity index (χ4v) is 3.33. The molecule has 1 aliphatic heterocycles. The average molecular weight is 284 g/mol. The van der Waals surface area contributed by atoms with Crippen LogP contribution in [0, 0.1) is 23.2 Å². The fraction of sp³-hybridized carbons (Fsp3) is 0.438. The molecule has 2 fully saturated rings. The number of nitriles is 1. The number of amides is 2. The first kappa shape index (κ1) is 13.6. The van der Waals surface area contributed by atoms with Gasteiger partial charge in [-0.2, -0.15) is 5.26 Å². The van der Waals surface area contributed by atoms with E-state index in [-0.39, 0.29) is 23.7 Å². The lowest BCUT2D eigenvalue weighted by Crippen LogP contribution is -2.31. The molecule has 0 bridgehead atoms. The zero-order valence-electron chi connectivity index (χ0n) is 11.8. The molecule has 2 unspecified atom stereocenters. The molecule has 0 aromatic heterocycles. The van der Waals surface area contributed by atoms with Crippen LogP contribution in [0.2, 0.25) is 0 Å². The zero-order valence-corrected chi connectivity index (χ0v) is 11.8. The van der Waals surface area contributed by atoms with E-state index in [1.54, 1.807) is 18.2 Å². The van der Waals surface area contributed by atoms with E-state index in [1.807, 2.05) is 6.07 Å². The van der Waals surface area contributed by atoms with Crippen molar-refractivity contribution in [1.82, 2.24) is 0 Å². The van der Waals surface area contributed by atoms with Crippen LogP contribution in [0.15, 0.2) is 18.2 Å². The normalized spacial score (nSPS) is 24.7. The second-order valence-corrected chi connectivity index (χ2v) is 5.51. The topological polar surface area (TPSA) is 70.4 Å². The van der Waals surface area contributed by atoms with Gasteiger partial charge in [-0.25, -0.2) is 4.90 Å². The van der Waals surface area contributed by atoms with E-state index in [1.165, 1.54) is 12.0 Å². The molecule has 5 heteroatoms. The van der Waals surface area contributed by atoms with Crippen molar-refractivity contribution in [1.29, 1.82) is 5.26 Å². The van der Waals surface area contributed by atoms with Gasteiger partial charge in [0.25, 0.3) is 0 Å². The highest BCUT2D eigenvalue weighted by Crippen LogP contribution is 2.42. The summed E-state index contributed by atoms with van der Waals surface area (Å²) in [5, 5.41) is 8.93. The van der Waals surface area contributed by atoms with Crippen molar-refractivity contribution in [2.24, 2.45) is 11.8 Å². The molecule has 0 radical (unpaired) electrons. The lowest BCUT2D eigenvalue weighted by molar-refractivity contribution is -0.122. The van der Waals surface area contributed by atoms with Crippen LogP contribution in [0.25, 0.3) is 0 Å². The third kappa shape index (κ3) is 2.07. The SMILES string of the molecule is COc1cc(C#N)ccc1N1C(=O)C2CCCCC2C1=O. The first-order valence-corrected chi connectivity index (χ1v) is 7.13. The van der Waals surface area contributed by atoms with Crippen molar-refractivity contribution < 1.29 is 14.3 Å². The van der Waals surface area contributed by atoms with Gasteiger partial charge in [0.15, 0.2) is 0 Å². The number of benzene rings is 1. The Morgan fingerprint density at radius 1 is 1.19 bits per heavy atom. The van der Waals surface area contributed by atoms with Crippen molar-refractivity contribution >= 4 is 17.5 Å². The van der Waals surface area contributed by atoms with Crippen LogP contribution in [-0.4, -0.2) is 18.9 Å². The van der Waals surface area contributed by atoms with Crippen LogP contribution in [0.5, 0.6) is 5.75 Å². The summed E-state index contributed by atoms with van der Waals surface area (Å²) in [7, 11) is 1.47. The van der Waals surface area contributed by atoms with Gasteiger partial charge in [-0.15, -0.1) is 0 Å². The Bertz CT molecular complexity index is 623. The fourth-order valence-electron chi connectivity index (χ4n) is 3.33. The van der Waals surface area contributed by atoms with Gasteiger partial charge in [0.2, 0.25) is 11.8 Å². The number of carbonyl (C=O) groups is 2. The molecule has 21 heavy (non-hydrogen) atoms. The molecule has 1 aliphatic carbocycles. The average Bonchev–Trinajstić information content (AvgIpc) is 2.79. The minimum atomic E-state index is -0.188. The number of methoxy groups -OCH3 is 1. The molecule has 1 aromatic carbocycles. The van der Waals surface area contributed by atoms with E-state index in [9.17, 15) is 9.59 Å². The predicted molar refractivity (Wildman–Crippen MR) is 75.7 cm³/mol. The Kier molecular flexibility index (Phi) is 3.38. The van der Waals surface area contributed by atoms with Gasteiger partial charge in [0, 0.05) is 6.07 Å². The summed E-state index contributed by atoms with van der Waals surface area (Å²) in [6.07, 6.45) is 3.56. The molecular formula is C16H16N2O3. The van der Waals surface area contributed by atoms with Crippen LogP contribution in [0.1, 0.15) is 31.2 Å². The number of ether oxygens (including phenoxy) is 1. The van der Waals surface area contributed by atoms with E-state index in [2.05, 4.69) is 0 Å². The molecule has 1 saturated heterocycles. The summed E-state index contributed by atoms with van der Waals surface area (Å²) in [5.74, 6) is -0.256. The standard InChI is InChI=1S/C16H16N2O3/c1-21-14-8-10(9-17)6-7-13(14)18-15(19)11-4-2-3-5-12(11)16(18)20/h6-8,11-12H,2-5H2,1H3. The largest absolute Gasteiger partial charge is 0.495 e. The first-order valence-electron chi connectivity index (χ1n) is 7.13. The number of rotatable bonds is 2. The molecule has 2 aliphatic rings. The Labute approximate surface area is 123 Å². The Hall–Kier alpha value is -2.35. The number of hydrogen-bond acceptors (Lipinski definition) is 4. The second-order valence-electron chi connectivity index (χ2n) is 5.51. The van der Waals surface area contributed by atoms with Gasteiger partial charge in [-0.05, 0) is 25.0 Å². The number of fused-ring (bicyclic) bond motifs is 1. The quantitative estimate of drug-likeness (QED) is 0.781. The number of nitrogens with zero attached hydrogens (tertiary/aromatic N) is 2. The van der Waals surface area contributed by atoms with E-state index < -0.39 is 0 Å². The highest BCUT2D eigenvalue weighted by molar-refractivity contribution is 6.22. The highest BCUT2D eigenvalue weighted by Gasteiger charge is 2.49. The van der Waals surface area contributed by atoms with Gasteiger partial charge >= 0.3 is 0 Å². The number of carbonyl (C=O) groups excluding carboxylic acids is 2. The predicted octanol–water partition coefficient (Wildman–Crippen LogP) is 2.25. The van der Waals surface area contributed by atoms with E-state index in [0.29, 0.717) is 17.0 Å². The van der Waals surface area contributed by atoms with E-state index in [0.717, 1.165) is 25.7 Å². The van der Waals surface area contributed by atoms with Gasteiger partial charge in [0.05, 0.1) is 36.3 Å². The Morgan fingerprint density at radius 2 is 1.81 bits per heavy atom. The minimum Gasteiger partial charge on any atom is -0.495 e. The van der Waals surface area contributed by atoms with Crippen molar-refractivity contribution in [2.75, 3.05) is 12.0 Å². The molecule has 0 N–H and O–H groups in total. The number of hydrogen-bond donors (Lipinski definition) is 0. The van der Waals surface area contributed by atoms with Crippen LogP contribution >= 0.6 is 0 Å². The first-order chi connectivity index (χ1) is 10.2. The molecule has 108 valence electrons. The molecule has 2 atom stereocenters. The molecule has 2 amide bonds. The van der Waals surface area contributed by atoms with Gasteiger partial charge in [-0.3, -0.25) is 9.59 Å².